The first-order chi connectivity index (χ1) is 9.50. The lowest BCUT2D eigenvalue weighted by molar-refractivity contribution is 0.0473. The number of nitrogens with two attached hydrogens (primary N) is 1. The van der Waals surface area contributed by atoms with E-state index < -0.39 is 5.97 Å². The van der Waals surface area contributed by atoms with Crippen molar-refractivity contribution in [3.63, 3.8) is 0 Å². The highest BCUT2D eigenvalue weighted by Crippen LogP contribution is 2.27. The van der Waals surface area contributed by atoms with Gasteiger partial charge in [0.1, 0.15) is 6.61 Å². The van der Waals surface area contributed by atoms with E-state index in [2.05, 4.69) is 0 Å². The van der Waals surface area contributed by atoms with E-state index in [9.17, 15) is 4.79 Å². The minimum absolute atomic E-state index is 0.0392. The molecule has 0 aliphatic heterocycles. The van der Waals surface area contributed by atoms with Crippen LogP contribution in [0.5, 0.6) is 0 Å². The lowest BCUT2D eigenvalue weighted by Crippen LogP contribution is -2.07. The molecule has 0 saturated heterocycles. The summed E-state index contributed by atoms with van der Waals surface area (Å²) in [7, 11) is 0. The summed E-state index contributed by atoms with van der Waals surface area (Å²) in [6.07, 6.45) is 0. The number of anilines is 1. The fourth-order valence-corrected chi connectivity index (χ4v) is 2.30. The first-order valence-corrected chi connectivity index (χ1v) is 6.78. The van der Waals surface area contributed by atoms with Gasteiger partial charge in [-0.05, 0) is 24.3 Å². The third kappa shape index (κ3) is 3.18. The van der Waals surface area contributed by atoms with Crippen LogP contribution in [0.3, 0.4) is 0 Å². The fourth-order valence-electron chi connectivity index (χ4n) is 1.59. The molecule has 0 unspecified atom stereocenters. The number of hydrogen-bond donors (Lipinski definition) is 1. The van der Waals surface area contributed by atoms with Crippen LogP contribution in [0.4, 0.5) is 5.69 Å². The molecule has 2 aromatic rings. The molecule has 3 nitrogen and oxygen atoms in total. The van der Waals surface area contributed by atoms with Gasteiger partial charge in [-0.3, -0.25) is 0 Å². The standard InChI is InChI=1S/C14H10Cl3NO2/c15-10-4-2-5-11(16)9(10)7-20-14(19)8-3-1-6-12(18)13(8)17/h1-6H,7,18H2. The zero-order valence-electron chi connectivity index (χ0n) is 10.2. The van der Waals surface area contributed by atoms with Crippen LogP contribution in [-0.2, 0) is 11.3 Å². The summed E-state index contributed by atoms with van der Waals surface area (Å²) in [6.45, 7) is -0.0392. The maximum absolute atomic E-state index is 12.0. The van der Waals surface area contributed by atoms with Crippen molar-refractivity contribution >= 4 is 46.5 Å². The van der Waals surface area contributed by atoms with Gasteiger partial charge in [-0.25, -0.2) is 4.79 Å². The summed E-state index contributed by atoms with van der Waals surface area (Å²) in [6, 6.07) is 9.82. The first kappa shape index (κ1) is 15.0. The molecule has 20 heavy (non-hydrogen) atoms. The Morgan fingerprint density at radius 3 is 2.30 bits per heavy atom. The Labute approximate surface area is 131 Å². The van der Waals surface area contributed by atoms with E-state index in [0.29, 0.717) is 21.3 Å². The first-order valence-electron chi connectivity index (χ1n) is 5.64. The van der Waals surface area contributed by atoms with E-state index in [0.717, 1.165) is 0 Å². The van der Waals surface area contributed by atoms with Gasteiger partial charge in [-0.1, -0.05) is 46.9 Å². The van der Waals surface area contributed by atoms with Crippen molar-refractivity contribution < 1.29 is 9.53 Å². The molecular formula is C14H10Cl3NO2. The van der Waals surface area contributed by atoms with E-state index in [-0.39, 0.29) is 17.2 Å². The lowest BCUT2D eigenvalue weighted by Gasteiger charge is -2.09. The molecule has 0 spiro atoms. The number of carbonyl (C=O) groups is 1. The predicted octanol–water partition coefficient (Wildman–Crippen LogP) is 4.59. The highest BCUT2D eigenvalue weighted by molar-refractivity contribution is 6.36. The summed E-state index contributed by atoms with van der Waals surface area (Å²) >= 11 is 17.9. The number of ether oxygens (including phenoxy) is 1. The number of carbonyl (C=O) groups excluding carboxylic acids is 1. The highest BCUT2D eigenvalue weighted by Gasteiger charge is 2.15. The Morgan fingerprint density at radius 2 is 1.65 bits per heavy atom. The molecule has 2 N–H and O–H groups in total. The van der Waals surface area contributed by atoms with Gasteiger partial charge in [0.2, 0.25) is 0 Å². The van der Waals surface area contributed by atoms with Crippen LogP contribution in [0.1, 0.15) is 15.9 Å². The van der Waals surface area contributed by atoms with Gasteiger partial charge in [0.25, 0.3) is 0 Å². The molecule has 0 radical (unpaired) electrons. The Hall–Kier alpha value is -1.42. The Morgan fingerprint density at radius 1 is 1.05 bits per heavy atom. The van der Waals surface area contributed by atoms with Crippen LogP contribution in [0.15, 0.2) is 36.4 Å². The maximum atomic E-state index is 12.0. The topological polar surface area (TPSA) is 52.3 Å². The smallest absolute Gasteiger partial charge is 0.340 e. The van der Waals surface area contributed by atoms with Crippen LogP contribution < -0.4 is 5.73 Å². The average molecular weight is 331 g/mol. The molecule has 0 fully saturated rings. The second-order valence-electron chi connectivity index (χ2n) is 3.99. The largest absolute Gasteiger partial charge is 0.457 e. The molecule has 6 heteroatoms. The molecule has 0 amide bonds. The third-order valence-corrected chi connectivity index (χ3v) is 3.79. The second-order valence-corrected chi connectivity index (χ2v) is 5.18. The van der Waals surface area contributed by atoms with Gasteiger partial charge in [0.05, 0.1) is 16.3 Å². The van der Waals surface area contributed by atoms with E-state index in [1.165, 1.54) is 6.07 Å². The normalized spacial score (nSPS) is 10.3. The van der Waals surface area contributed by atoms with Gasteiger partial charge in [-0.15, -0.1) is 0 Å². The van der Waals surface area contributed by atoms with Crippen molar-refractivity contribution in [3.8, 4) is 0 Å². The van der Waals surface area contributed by atoms with Gasteiger partial charge in [0, 0.05) is 15.6 Å². The van der Waals surface area contributed by atoms with Gasteiger partial charge in [0.15, 0.2) is 0 Å². The van der Waals surface area contributed by atoms with E-state index in [1.807, 2.05) is 0 Å². The number of rotatable bonds is 3. The summed E-state index contributed by atoms with van der Waals surface area (Å²) in [4.78, 5) is 12.0. The predicted molar refractivity (Wildman–Crippen MR) is 81.4 cm³/mol. The van der Waals surface area contributed by atoms with Crippen LogP contribution in [0.25, 0.3) is 0 Å². The van der Waals surface area contributed by atoms with Gasteiger partial charge >= 0.3 is 5.97 Å². The third-order valence-electron chi connectivity index (χ3n) is 2.66. The van der Waals surface area contributed by atoms with E-state index >= 15 is 0 Å². The van der Waals surface area contributed by atoms with Crippen molar-refractivity contribution in [2.45, 2.75) is 6.61 Å². The maximum Gasteiger partial charge on any atom is 0.340 e. The minimum atomic E-state index is -0.585. The number of halogens is 3. The van der Waals surface area contributed by atoms with E-state index in [1.54, 1.807) is 30.3 Å². The molecule has 0 atom stereocenters. The number of nitrogen functional groups attached to an aromatic ring is 1. The number of benzene rings is 2. The summed E-state index contributed by atoms with van der Waals surface area (Å²) < 4.78 is 5.16. The van der Waals surface area contributed by atoms with Crippen LogP contribution in [0.2, 0.25) is 15.1 Å². The number of hydrogen-bond acceptors (Lipinski definition) is 3. The van der Waals surface area contributed by atoms with Crippen molar-refractivity contribution in [2.75, 3.05) is 5.73 Å². The van der Waals surface area contributed by atoms with Crippen LogP contribution in [-0.4, -0.2) is 5.97 Å². The highest BCUT2D eigenvalue weighted by atomic mass is 35.5. The molecule has 2 rings (SSSR count). The van der Waals surface area contributed by atoms with Gasteiger partial charge < -0.3 is 10.5 Å². The Bertz CT molecular complexity index is 639. The van der Waals surface area contributed by atoms with Crippen molar-refractivity contribution in [1.82, 2.24) is 0 Å². The van der Waals surface area contributed by atoms with Crippen molar-refractivity contribution in [1.29, 1.82) is 0 Å². The molecule has 0 aromatic heterocycles. The van der Waals surface area contributed by atoms with Crippen LogP contribution >= 0.6 is 34.8 Å². The van der Waals surface area contributed by atoms with Gasteiger partial charge in [-0.2, -0.15) is 0 Å². The monoisotopic (exact) mass is 329 g/mol. The summed E-state index contributed by atoms with van der Waals surface area (Å²) in [5.74, 6) is -0.585. The zero-order valence-corrected chi connectivity index (χ0v) is 12.5. The quantitative estimate of drug-likeness (QED) is 0.661. The molecule has 0 heterocycles. The van der Waals surface area contributed by atoms with Crippen molar-refractivity contribution in [2.24, 2.45) is 0 Å². The van der Waals surface area contributed by atoms with Crippen LogP contribution in [0, 0.1) is 0 Å². The molecule has 104 valence electrons. The van der Waals surface area contributed by atoms with Crippen molar-refractivity contribution in [3.05, 3.63) is 62.6 Å². The molecular weight excluding hydrogens is 321 g/mol. The summed E-state index contributed by atoms with van der Waals surface area (Å²) in [5, 5.41) is 1.04. The Kier molecular flexibility index (Phi) is 4.76. The molecule has 0 aliphatic rings. The SMILES string of the molecule is Nc1cccc(C(=O)OCc2c(Cl)cccc2Cl)c1Cl. The summed E-state index contributed by atoms with van der Waals surface area (Å²) in [5.41, 5.74) is 6.70. The molecule has 0 bridgehead atoms. The number of esters is 1. The lowest BCUT2D eigenvalue weighted by atomic mass is 10.2. The molecule has 0 aliphatic carbocycles. The zero-order chi connectivity index (χ0) is 14.7. The van der Waals surface area contributed by atoms with E-state index in [4.69, 9.17) is 45.3 Å². The second kappa shape index (κ2) is 6.35. The molecule has 0 saturated carbocycles. The minimum Gasteiger partial charge on any atom is -0.457 e. The fraction of sp³-hybridized carbons (Fsp3) is 0.0714. The molecule has 2 aromatic carbocycles. The average Bonchev–Trinajstić information content (AvgIpc) is 2.41. The Balaban J connectivity index is 2.15.